The van der Waals surface area contributed by atoms with Crippen LogP contribution in [0.4, 0.5) is 17.1 Å². The van der Waals surface area contributed by atoms with E-state index in [1.165, 1.54) is 36.0 Å². The summed E-state index contributed by atoms with van der Waals surface area (Å²) in [5.41, 5.74) is 18.0. The minimum Gasteiger partial charge on any atom is -0.497 e. The van der Waals surface area contributed by atoms with E-state index in [0.29, 0.717) is 22.3 Å². The molecule has 0 spiro atoms. The van der Waals surface area contributed by atoms with E-state index >= 15 is 0 Å². The molecule has 0 fully saturated rings. The van der Waals surface area contributed by atoms with Gasteiger partial charge in [-0.05, 0) is 169 Å². The third kappa shape index (κ3) is 10.3. The third-order valence-electron chi connectivity index (χ3n) is 14.0. The molecule has 0 atom stereocenters. The maximum absolute atomic E-state index is 13.9. The van der Waals surface area contributed by atoms with Gasteiger partial charge < -0.3 is 14.4 Å². The highest BCUT2D eigenvalue weighted by molar-refractivity contribution is 6.28. The van der Waals surface area contributed by atoms with Gasteiger partial charge in [0.15, 0.2) is 11.6 Å². The second-order valence-electron chi connectivity index (χ2n) is 18.8. The highest BCUT2D eigenvalue weighted by Crippen LogP contribution is 2.42. The minimum absolute atomic E-state index is 0.0912. The van der Waals surface area contributed by atoms with Crippen LogP contribution in [-0.2, 0) is 12.8 Å². The summed E-state index contributed by atoms with van der Waals surface area (Å²) in [6.07, 6.45) is 15.0. The largest absolute Gasteiger partial charge is 0.497 e. The summed E-state index contributed by atoms with van der Waals surface area (Å²) < 4.78 is 11.0. The molecular weight excluding hydrogens is 875 g/mol. The topological polar surface area (TPSA) is 81.6 Å². The first-order valence-corrected chi connectivity index (χ1v) is 25.3. The summed E-state index contributed by atoms with van der Waals surface area (Å²) in [6.45, 7) is 8.80. The molecule has 9 rings (SSSR count). The van der Waals surface area contributed by atoms with E-state index in [9.17, 15) is 9.59 Å². The zero-order valence-corrected chi connectivity index (χ0v) is 42.0. The molecule has 2 heterocycles. The number of pyridine rings is 2. The molecule has 8 aromatic rings. The van der Waals surface area contributed by atoms with Crippen molar-refractivity contribution in [1.82, 2.24) is 9.97 Å². The van der Waals surface area contributed by atoms with E-state index in [1.807, 2.05) is 67.0 Å². The van der Waals surface area contributed by atoms with Crippen molar-refractivity contribution >= 4 is 28.6 Å². The molecule has 2 aromatic heterocycles. The number of ketones is 2. The Morgan fingerprint density at radius 1 is 0.437 bits per heavy atom. The maximum Gasteiger partial charge on any atom is 0.194 e. The third-order valence-corrected chi connectivity index (χ3v) is 14.0. The zero-order chi connectivity index (χ0) is 49.4. The quantitative estimate of drug-likeness (QED) is 0.0747. The van der Waals surface area contributed by atoms with E-state index in [2.05, 4.69) is 105 Å². The maximum atomic E-state index is 13.9. The first-order chi connectivity index (χ1) is 34.7. The van der Waals surface area contributed by atoms with Crippen molar-refractivity contribution < 1.29 is 19.1 Å². The second-order valence-corrected chi connectivity index (χ2v) is 18.8. The number of aryl methyl sites for hydroxylation is 4. The molecule has 0 amide bonds. The molecule has 0 saturated heterocycles. The highest BCUT2D eigenvalue weighted by Gasteiger charge is 2.30. The number of hydrogen-bond acceptors (Lipinski definition) is 7. The lowest BCUT2D eigenvalue weighted by Gasteiger charge is -2.28. The molecule has 0 unspecified atom stereocenters. The minimum atomic E-state index is -0.0918. The van der Waals surface area contributed by atoms with Gasteiger partial charge in [-0.25, -0.2) is 0 Å². The van der Waals surface area contributed by atoms with Gasteiger partial charge in [-0.3, -0.25) is 19.6 Å². The average molecular weight is 938 g/mol. The Kier molecular flexibility index (Phi) is 15.0. The van der Waals surface area contributed by atoms with Crippen molar-refractivity contribution in [3.63, 3.8) is 0 Å². The van der Waals surface area contributed by atoms with E-state index in [0.717, 1.165) is 124 Å². The number of fused-ring (bicyclic) bond motifs is 2. The van der Waals surface area contributed by atoms with Crippen LogP contribution in [0.2, 0.25) is 0 Å². The van der Waals surface area contributed by atoms with Crippen molar-refractivity contribution in [2.24, 2.45) is 0 Å². The normalized spacial score (nSPS) is 11.9. The number of carbonyl (C=O) groups excluding carboxylic acids is 2. The Bertz CT molecular complexity index is 3130. The molecule has 1 aliphatic carbocycles. The van der Waals surface area contributed by atoms with Crippen molar-refractivity contribution in [3.05, 3.63) is 196 Å². The van der Waals surface area contributed by atoms with Crippen LogP contribution in [0.1, 0.15) is 119 Å². The molecule has 0 saturated carbocycles. The van der Waals surface area contributed by atoms with Gasteiger partial charge in [0, 0.05) is 62.8 Å². The fraction of sp³-hybridized carbons (Fsp3) is 0.250. The molecule has 6 aromatic carbocycles. The summed E-state index contributed by atoms with van der Waals surface area (Å²) in [4.78, 5) is 39.7. The predicted octanol–water partition coefficient (Wildman–Crippen LogP) is 16.3. The number of ether oxygens (including phenoxy) is 2. The summed E-state index contributed by atoms with van der Waals surface area (Å²) in [7, 11) is 3.37. The Balaban J connectivity index is 1.02. The first-order valence-electron chi connectivity index (χ1n) is 25.3. The number of nitrogens with zero attached hydrogens (tertiary/aromatic N) is 3. The van der Waals surface area contributed by atoms with Crippen molar-refractivity contribution in [3.8, 4) is 56.3 Å². The Labute approximate surface area is 419 Å². The number of unbranched alkanes of at least 4 members (excludes halogenated alkanes) is 6. The fourth-order valence-corrected chi connectivity index (χ4v) is 10.0. The van der Waals surface area contributed by atoms with E-state index in [1.54, 1.807) is 26.4 Å². The lowest BCUT2D eigenvalue weighted by Crippen LogP contribution is -2.20. The summed E-state index contributed by atoms with van der Waals surface area (Å²) in [5, 5.41) is 0. The van der Waals surface area contributed by atoms with E-state index < -0.39 is 0 Å². The molecule has 7 heteroatoms. The Morgan fingerprint density at radius 2 is 0.915 bits per heavy atom. The Morgan fingerprint density at radius 3 is 1.41 bits per heavy atom. The Hall–Kier alpha value is -7.64. The molecular formula is C64H63N3O4. The van der Waals surface area contributed by atoms with Crippen molar-refractivity contribution in [2.75, 3.05) is 19.1 Å². The van der Waals surface area contributed by atoms with Gasteiger partial charge in [-0.15, -0.1) is 0 Å². The number of methoxy groups -OCH3 is 2. The number of carbonyl (C=O) groups is 2. The first kappa shape index (κ1) is 48.4. The number of benzene rings is 6. The van der Waals surface area contributed by atoms with Crippen LogP contribution in [0, 0.1) is 13.8 Å². The second kappa shape index (κ2) is 22.0. The van der Waals surface area contributed by atoms with Crippen LogP contribution in [0.15, 0.2) is 152 Å². The van der Waals surface area contributed by atoms with E-state index in [-0.39, 0.29) is 11.6 Å². The highest BCUT2D eigenvalue weighted by atomic mass is 16.5. The molecule has 7 nitrogen and oxygen atoms in total. The van der Waals surface area contributed by atoms with Gasteiger partial charge in [0.05, 0.1) is 25.6 Å². The molecule has 0 radical (unpaired) electrons. The number of aromatic nitrogens is 2. The van der Waals surface area contributed by atoms with Crippen molar-refractivity contribution in [1.29, 1.82) is 0 Å². The number of rotatable bonds is 19. The van der Waals surface area contributed by atoms with Gasteiger partial charge in [0.1, 0.15) is 11.5 Å². The molecule has 0 aliphatic heterocycles. The van der Waals surface area contributed by atoms with Crippen LogP contribution < -0.4 is 14.4 Å². The fourth-order valence-electron chi connectivity index (χ4n) is 10.0. The summed E-state index contributed by atoms with van der Waals surface area (Å²) in [5.74, 6) is 1.43. The molecule has 0 bridgehead atoms. The smallest absolute Gasteiger partial charge is 0.194 e. The number of anilines is 3. The SMILES string of the molecule is CCCCCCc1cc(-c2ccc3c(c2)C(=O)c2ccccc2C3=O)c(CCCCCC)cc1-c1ccc(-c2ccc(-c3cc(C)c(N(c4ccc(OC)cc4)c4ccc(OC)cc4)cc3C)cn2)nc1. The van der Waals surface area contributed by atoms with Gasteiger partial charge in [-0.1, -0.05) is 107 Å². The van der Waals surface area contributed by atoms with Gasteiger partial charge >= 0.3 is 0 Å². The lowest BCUT2D eigenvalue weighted by atomic mass is 9.81. The average Bonchev–Trinajstić information content (AvgIpc) is 3.41. The zero-order valence-electron chi connectivity index (χ0n) is 42.0. The molecule has 0 N–H and O–H groups in total. The molecule has 358 valence electrons. The van der Waals surface area contributed by atoms with Crippen LogP contribution in [0.25, 0.3) is 44.8 Å². The lowest BCUT2D eigenvalue weighted by molar-refractivity contribution is 0.0979. The van der Waals surface area contributed by atoms with Crippen LogP contribution in [0.3, 0.4) is 0 Å². The van der Waals surface area contributed by atoms with E-state index in [4.69, 9.17) is 19.4 Å². The monoisotopic (exact) mass is 937 g/mol. The standard InChI is InChI=1S/C64H63N3O4/c1-7-9-11-13-17-44-38-58(45(18-14-12-10-8-2)37-57(44)46-21-32-55-59(39-46)64(69)54-20-16-15-19-53(54)63(55)68)48-23-34-61(66-41-48)60-33-22-47(40-65-60)56-35-43(4)62(36-42(56)3)67(49-24-28-51(70-5)29-25-49)50-26-30-52(71-6)31-27-50/h15-16,19-41H,7-14,17-18H2,1-6H3. The summed E-state index contributed by atoms with van der Waals surface area (Å²) in [6, 6.07) is 47.1. The van der Waals surface area contributed by atoms with Gasteiger partial charge in [-0.2, -0.15) is 0 Å². The number of hydrogen-bond donors (Lipinski definition) is 0. The predicted molar refractivity (Wildman–Crippen MR) is 290 cm³/mol. The van der Waals surface area contributed by atoms with Crippen LogP contribution in [-0.4, -0.2) is 35.8 Å². The molecule has 71 heavy (non-hydrogen) atoms. The van der Waals surface area contributed by atoms with Gasteiger partial charge in [0.2, 0.25) is 0 Å². The summed E-state index contributed by atoms with van der Waals surface area (Å²) >= 11 is 0. The van der Waals surface area contributed by atoms with Crippen LogP contribution in [0.5, 0.6) is 11.5 Å². The van der Waals surface area contributed by atoms with Gasteiger partial charge in [0.25, 0.3) is 0 Å². The van der Waals surface area contributed by atoms with Crippen LogP contribution >= 0.6 is 0 Å². The van der Waals surface area contributed by atoms with Crippen molar-refractivity contribution in [2.45, 2.75) is 91.9 Å². The molecule has 1 aliphatic rings.